The number of benzene rings is 6. The van der Waals surface area contributed by atoms with Crippen molar-refractivity contribution in [3.63, 3.8) is 0 Å². The van der Waals surface area contributed by atoms with Crippen LogP contribution in [-0.2, 0) is 7.05 Å². The quantitative estimate of drug-likeness (QED) is 0.209. The summed E-state index contributed by atoms with van der Waals surface area (Å²) in [5.74, 6) is 1.06. The molecule has 9 rings (SSSR count). The van der Waals surface area contributed by atoms with Gasteiger partial charge in [0.2, 0.25) is 0 Å². The Labute approximate surface area is 235 Å². The average molecular weight is 530 g/mol. The molecule has 0 amide bonds. The molecule has 0 atom stereocenters. The molecule has 6 aromatic carbocycles. The lowest BCUT2D eigenvalue weighted by Crippen LogP contribution is -2.30. The molecule has 194 valence electrons. The van der Waals surface area contributed by atoms with Crippen molar-refractivity contribution in [3.8, 4) is 17.1 Å². The van der Waals surface area contributed by atoms with Crippen molar-refractivity contribution in [2.45, 2.75) is 6.92 Å². The van der Waals surface area contributed by atoms with Gasteiger partial charge in [-0.05, 0) is 65.7 Å². The van der Waals surface area contributed by atoms with Crippen LogP contribution in [0.4, 0.5) is 0 Å². The van der Waals surface area contributed by atoms with Crippen LogP contribution in [0.25, 0.3) is 82.8 Å². The molecular weight excluding hydrogens is 504 g/mol. The monoisotopic (exact) mass is 529 g/mol. The number of nitrogens with zero attached hydrogens (tertiary/aromatic N) is 2. The Bertz CT molecular complexity index is 2510. The second-order valence-electron chi connectivity index (χ2n) is 10.9. The summed E-state index contributed by atoms with van der Waals surface area (Å²) in [7, 11) is 2.14. The molecule has 4 nitrogen and oxygen atoms in total. The van der Waals surface area contributed by atoms with Crippen molar-refractivity contribution in [2.24, 2.45) is 7.05 Å². The number of para-hydroxylation sites is 3. The van der Waals surface area contributed by atoms with E-state index in [9.17, 15) is 0 Å². The molecule has 0 saturated carbocycles. The molecule has 0 fully saturated rings. The lowest BCUT2D eigenvalue weighted by molar-refractivity contribution is -0.633. The third kappa shape index (κ3) is 3.07. The van der Waals surface area contributed by atoms with E-state index in [2.05, 4.69) is 126 Å². The molecule has 3 heterocycles. The molecule has 0 saturated heterocycles. The number of hydrogen-bond acceptors (Lipinski definition) is 2. The zero-order valence-electron chi connectivity index (χ0n) is 22.7. The van der Waals surface area contributed by atoms with E-state index >= 15 is 0 Å². The van der Waals surface area contributed by atoms with E-state index in [0.29, 0.717) is 0 Å². The number of furan rings is 2. The molecule has 41 heavy (non-hydrogen) atoms. The number of rotatable bonds is 2. The van der Waals surface area contributed by atoms with Crippen LogP contribution in [0.15, 0.2) is 124 Å². The van der Waals surface area contributed by atoms with Crippen LogP contribution in [0, 0.1) is 6.92 Å². The molecule has 0 aliphatic rings. The zero-order valence-corrected chi connectivity index (χ0v) is 22.7. The fourth-order valence-corrected chi connectivity index (χ4v) is 6.61. The number of aromatic nitrogens is 2. The third-order valence-electron chi connectivity index (χ3n) is 8.57. The van der Waals surface area contributed by atoms with Gasteiger partial charge in [-0.25, -0.2) is 4.57 Å². The molecule has 0 bridgehead atoms. The Morgan fingerprint density at radius 1 is 0.585 bits per heavy atom. The maximum Gasteiger partial charge on any atom is 0.298 e. The highest BCUT2D eigenvalue weighted by Gasteiger charge is 2.30. The van der Waals surface area contributed by atoms with Gasteiger partial charge in [0.1, 0.15) is 28.0 Å². The minimum absolute atomic E-state index is 0.873. The Hall–Kier alpha value is -5.35. The number of aryl methyl sites for hydroxylation is 2. The van der Waals surface area contributed by atoms with Crippen molar-refractivity contribution in [1.29, 1.82) is 0 Å². The van der Waals surface area contributed by atoms with Gasteiger partial charge in [0.05, 0.1) is 7.05 Å². The minimum Gasteiger partial charge on any atom is -0.456 e. The van der Waals surface area contributed by atoms with E-state index in [4.69, 9.17) is 8.83 Å². The van der Waals surface area contributed by atoms with Gasteiger partial charge in [-0.2, -0.15) is 4.57 Å². The second kappa shape index (κ2) is 8.09. The van der Waals surface area contributed by atoms with Gasteiger partial charge in [-0.1, -0.05) is 66.7 Å². The predicted octanol–water partition coefficient (Wildman–Crippen LogP) is 9.38. The first-order valence-electron chi connectivity index (χ1n) is 13.9. The molecule has 0 aliphatic heterocycles. The van der Waals surface area contributed by atoms with E-state index in [-0.39, 0.29) is 0 Å². The average Bonchev–Trinajstić information content (AvgIpc) is 3.65. The first-order valence-corrected chi connectivity index (χ1v) is 13.9. The van der Waals surface area contributed by atoms with Crippen molar-refractivity contribution in [3.05, 3.63) is 121 Å². The highest BCUT2D eigenvalue weighted by atomic mass is 16.3. The summed E-state index contributed by atoms with van der Waals surface area (Å²) in [5, 5.41) is 6.90. The molecule has 4 heteroatoms. The summed E-state index contributed by atoms with van der Waals surface area (Å²) in [4.78, 5) is 0. The van der Waals surface area contributed by atoms with Crippen LogP contribution in [0.3, 0.4) is 0 Å². The van der Waals surface area contributed by atoms with Crippen molar-refractivity contribution in [2.75, 3.05) is 0 Å². The van der Waals surface area contributed by atoms with Gasteiger partial charge in [-0.15, -0.1) is 0 Å². The van der Waals surface area contributed by atoms with E-state index in [1.165, 1.54) is 10.8 Å². The summed E-state index contributed by atoms with van der Waals surface area (Å²) in [6.45, 7) is 2.16. The van der Waals surface area contributed by atoms with Crippen LogP contribution in [0.1, 0.15) is 5.56 Å². The lowest BCUT2D eigenvalue weighted by atomic mass is 10.0. The van der Waals surface area contributed by atoms with Gasteiger partial charge >= 0.3 is 0 Å². The molecule has 0 unspecified atom stereocenters. The maximum atomic E-state index is 6.56. The van der Waals surface area contributed by atoms with Gasteiger partial charge in [0.25, 0.3) is 5.82 Å². The van der Waals surface area contributed by atoms with E-state index < -0.39 is 0 Å². The maximum absolute atomic E-state index is 6.56. The topological polar surface area (TPSA) is 35.1 Å². The second-order valence-corrected chi connectivity index (χ2v) is 10.9. The first-order chi connectivity index (χ1) is 20.2. The normalized spacial score (nSPS) is 12.1. The first kappa shape index (κ1) is 22.5. The van der Waals surface area contributed by atoms with E-state index in [0.717, 1.165) is 77.5 Å². The predicted molar refractivity (Wildman–Crippen MR) is 167 cm³/mol. The third-order valence-corrected chi connectivity index (χ3v) is 8.57. The van der Waals surface area contributed by atoms with Crippen LogP contribution < -0.4 is 4.57 Å². The van der Waals surface area contributed by atoms with Gasteiger partial charge in [0.15, 0.2) is 16.6 Å². The summed E-state index contributed by atoms with van der Waals surface area (Å²) in [6.07, 6.45) is 0. The summed E-state index contributed by atoms with van der Waals surface area (Å²) in [6, 6.07) is 40.6. The lowest BCUT2D eigenvalue weighted by Gasteiger charge is -2.07. The van der Waals surface area contributed by atoms with E-state index in [1.807, 2.05) is 12.1 Å². The minimum atomic E-state index is 0.873. The van der Waals surface area contributed by atoms with E-state index in [1.54, 1.807) is 0 Å². The summed E-state index contributed by atoms with van der Waals surface area (Å²) < 4.78 is 17.7. The molecule has 0 radical (unpaired) electrons. The van der Waals surface area contributed by atoms with Crippen molar-refractivity contribution < 1.29 is 13.4 Å². The smallest absolute Gasteiger partial charge is 0.298 e. The van der Waals surface area contributed by atoms with Gasteiger partial charge in [0, 0.05) is 27.6 Å². The van der Waals surface area contributed by atoms with Crippen LogP contribution in [-0.4, -0.2) is 4.57 Å². The number of hydrogen-bond donors (Lipinski definition) is 0. The van der Waals surface area contributed by atoms with Crippen LogP contribution in [0.2, 0.25) is 0 Å². The Morgan fingerprint density at radius 3 is 2.20 bits per heavy atom. The van der Waals surface area contributed by atoms with Gasteiger partial charge in [-0.3, -0.25) is 0 Å². The Kier molecular flexibility index (Phi) is 4.43. The van der Waals surface area contributed by atoms with Crippen LogP contribution in [0.5, 0.6) is 0 Å². The van der Waals surface area contributed by atoms with Crippen molar-refractivity contribution >= 4 is 65.7 Å². The molecule has 0 spiro atoms. The van der Waals surface area contributed by atoms with Crippen molar-refractivity contribution in [1.82, 2.24) is 4.57 Å². The highest BCUT2D eigenvalue weighted by Crippen LogP contribution is 2.40. The highest BCUT2D eigenvalue weighted by molar-refractivity contribution is 6.11. The summed E-state index contributed by atoms with van der Waals surface area (Å²) >= 11 is 0. The standard InChI is InChI=1S/C37H25N2O2/c1-22-15-17-28-26-11-5-8-14-32(26)41-36(28)35(22)37-38(2)30-12-6-7-13-31(30)39(37)25-16-18-27-29-19-23-9-3-4-10-24(23)20-33(29)40-34(27)21-25/h3-21H,1-2H3/q+1. The molecule has 3 aromatic heterocycles. The van der Waals surface area contributed by atoms with Crippen LogP contribution >= 0.6 is 0 Å². The zero-order chi connectivity index (χ0) is 27.2. The Morgan fingerprint density at radius 2 is 1.29 bits per heavy atom. The van der Waals surface area contributed by atoms with Gasteiger partial charge < -0.3 is 8.83 Å². The molecule has 0 N–H and O–H groups in total. The number of fused-ring (bicyclic) bond motifs is 8. The number of imidazole rings is 1. The molecule has 0 aliphatic carbocycles. The molecule has 9 aromatic rings. The fraction of sp³-hybridized carbons (Fsp3) is 0.0541. The largest absolute Gasteiger partial charge is 0.456 e. The SMILES string of the molecule is Cc1ccc2c(oc3ccccc32)c1-c1n(-c2ccc3c(c2)oc2cc4ccccc4cc23)c2ccccc2[n+]1C. The fourth-order valence-electron chi connectivity index (χ4n) is 6.61. The summed E-state index contributed by atoms with van der Waals surface area (Å²) in [5.41, 5.74) is 9.14. The Balaban J connectivity index is 1.37. The molecular formula is C37H25N2O2+.